The Kier molecular flexibility index (Phi) is 31.7. The monoisotopic (exact) mass is 561 g/mol. The number of aliphatic hydroxyl groups excluding tert-OH is 1. The molecule has 7 heteroatoms. The van der Waals surface area contributed by atoms with Gasteiger partial charge in [-0.2, -0.15) is 0 Å². The van der Waals surface area contributed by atoms with E-state index in [1.165, 1.54) is 43.0 Å². The van der Waals surface area contributed by atoms with E-state index >= 15 is 0 Å². The Labute approximate surface area is 171 Å². The Balaban J connectivity index is -0.000000273. The molecule has 5 radical (unpaired) electrons. The van der Waals surface area contributed by atoms with Crippen molar-refractivity contribution in [2.24, 2.45) is 0 Å². The molecule has 1 atom stereocenters. The summed E-state index contributed by atoms with van der Waals surface area (Å²) in [4.78, 5) is 19.8. The summed E-state index contributed by atoms with van der Waals surface area (Å²) in [5.74, 6) is -1.22. The summed E-state index contributed by atoms with van der Waals surface area (Å²) in [5, 5.41) is 15.7. The van der Waals surface area contributed by atoms with E-state index in [1.54, 1.807) is 31.4 Å². The van der Waals surface area contributed by atoms with Crippen molar-refractivity contribution >= 4 is 67.4 Å². The number of aliphatic carboxylic acids is 1. The van der Waals surface area contributed by atoms with Crippen LogP contribution in [0.4, 0.5) is 0 Å². The third-order valence-electron chi connectivity index (χ3n) is 2.60. The quantitative estimate of drug-likeness (QED) is 0.205. The van der Waals surface area contributed by atoms with Crippen molar-refractivity contribution in [2.45, 2.75) is 85.1 Å². The molecule has 0 aliphatic rings. The molecule has 0 aromatic heterocycles. The van der Waals surface area contributed by atoms with Gasteiger partial charge in [0.1, 0.15) is 6.10 Å². The number of hydrogen-bond donors (Lipinski definition) is 3. The maximum absolute atomic E-state index is 10.0. The Morgan fingerprint density at radius 2 is 1.48 bits per heavy atom. The number of carboxylic acids is 1. The summed E-state index contributed by atoms with van der Waals surface area (Å²) in [6.07, 6.45) is 6.57. The standard InChI is InChI=1S/C4H6O4S.3C4H9.2Sn/c5-2(4(8)9)1-3(6)7;3*1-3-4-2;;/h2,5H,1H2,(H,6,7)(H,8,9);3*1,3-4H2,2H3;;. The number of hydrogen-bond acceptors (Lipinski definition) is 3. The summed E-state index contributed by atoms with van der Waals surface area (Å²) in [5.41, 5.74) is 0. The molecule has 2 N–H and O–H groups in total. The average Bonchev–Trinajstić information content (AvgIpc) is 2.48. The van der Waals surface area contributed by atoms with Gasteiger partial charge >= 0.3 is 122 Å². The molecule has 0 fully saturated rings. The van der Waals surface area contributed by atoms with Crippen LogP contribution in [0.1, 0.15) is 65.7 Å². The van der Waals surface area contributed by atoms with Crippen molar-refractivity contribution in [3.63, 3.8) is 0 Å². The van der Waals surface area contributed by atoms with Crippen LogP contribution in [0, 0.1) is 0 Å². The molecule has 0 aromatic carbocycles. The van der Waals surface area contributed by atoms with Gasteiger partial charge in [0, 0.05) is 0 Å². The van der Waals surface area contributed by atoms with Crippen LogP contribution in [-0.2, 0) is 9.59 Å². The van der Waals surface area contributed by atoms with Crippen LogP contribution in [0.25, 0.3) is 0 Å². The van der Waals surface area contributed by atoms with Gasteiger partial charge in [-0.05, 0) is 0 Å². The Bertz CT molecular complexity index is 258. The maximum atomic E-state index is 10.0. The van der Waals surface area contributed by atoms with E-state index in [2.05, 4.69) is 33.4 Å². The topological polar surface area (TPSA) is 74.6 Å². The Hall–Kier alpha value is 1.05. The minimum Gasteiger partial charge on any atom is -0.481 e. The van der Waals surface area contributed by atoms with Crippen molar-refractivity contribution in [1.29, 1.82) is 0 Å². The molecule has 0 heterocycles. The van der Waals surface area contributed by atoms with Gasteiger partial charge in [0.05, 0.1) is 6.42 Å². The number of unbranched alkanes of at least 4 members (excludes halogenated alkanes) is 3. The first kappa shape index (κ1) is 28.8. The normalized spacial score (nSPS) is 10.7. The SMILES string of the molecule is CCC[CH2][Sn].CCC[CH2][Sn][CH2]CCC.O=C(O)CC(O)C(=O)S. The van der Waals surface area contributed by atoms with Gasteiger partial charge < -0.3 is 10.2 Å². The van der Waals surface area contributed by atoms with Crippen molar-refractivity contribution in [2.75, 3.05) is 0 Å². The second-order valence-corrected chi connectivity index (χ2v) is 11.2. The number of thiol groups is 1. The average molecular weight is 559 g/mol. The summed E-state index contributed by atoms with van der Waals surface area (Å²) >= 11 is 5.05. The molecule has 0 saturated carbocycles. The van der Waals surface area contributed by atoms with Gasteiger partial charge in [0.25, 0.3) is 0 Å². The molecular formula is C16H33O4SSn2. The van der Waals surface area contributed by atoms with Crippen LogP contribution in [0.2, 0.25) is 13.3 Å². The molecule has 0 aliphatic heterocycles. The van der Waals surface area contributed by atoms with Crippen molar-refractivity contribution in [1.82, 2.24) is 0 Å². The summed E-state index contributed by atoms with van der Waals surface area (Å²) < 4.78 is 4.68. The van der Waals surface area contributed by atoms with E-state index in [-0.39, 0.29) is 21.1 Å². The second-order valence-electron chi connectivity index (χ2n) is 5.01. The Morgan fingerprint density at radius 3 is 1.65 bits per heavy atom. The van der Waals surface area contributed by atoms with E-state index in [1.807, 2.05) is 0 Å². The van der Waals surface area contributed by atoms with Crippen LogP contribution in [0.5, 0.6) is 0 Å². The molecular weight excluding hydrogens is 526 g/mol. The van der Waals surface area contributed by atoms with E-state index < -0.39 is 23.6 Å². The number of rotatable bonds is 11. The zero-order chi connectivity index (χ0) is 18.5. The number of carbonyl (C=O) groups excluding carboxylic acids is 1. The summed E-state index contributed by atoms with van der Waals surface area (Å²) in [7, 11) is 0. The molecule has 0 aromatic rings. The fraction of sp³-hybridized carbons (Fsp3) is 0.875. The van der Waals surface area contributed by atoms with E-state index in [4.69, 9.17) is 10.2 Å². The van der Waals surface area contributed by atoms with Crippen LogP contribution in [0.15, 0.2) is 0 Å². The molecule has 1 unspecified atom stereocenters. The first-order chi connectivity index (χ1) is 10.9. The summed E-state index contributed by atoms with van der Waals surface area (Å²) in [6, 6.07) is 0. The first-order valence-electron chi connectivity index (χ1n) is 8.35. The molecule has 135 valence electrons. The third-order valence-corrected chi connectivity index (χ3v) is 7.94. The minimum atomic E-state index is -1.48. The van der Waals surface area contributed by atoms with Crippen LogP contribution in [-0.4, -0.2) is 71.1 Å². The van der Waals surface area contributed by atoms with Crippen LogP contribution in [0.3, 0.4) is 0 Å². The molecule has 4 nitrogen and oxygen atoms in total. The van der Waals surface area contributed by atoms with Gasteiger partial charge in [-0.15, -0.1) is 12.6 Å². The second kappa shape index (κ2) is 25.3. The fourth-order valence-corrected chi connectivity index (χ4v) is 6.42. The van der Waals surface area contributed by atoms with E-state index in [0.717, 1.165) is 0 Å². The van der Waals surface area contributed by atoms with Crippen LogP contribution >= 0.6 is 12.6 Å². The predicted octanol–water partition coefficient (Wildman–Crippen LogP) is 3.78. The third kappa shape index (κ3) is 35.1. The molecule has 0 bridgehead atoms. The fourth-order valence-electron chi connectivity index (χ4n) is 1.16. The number of carbonyl (C=O) groups is 2. The van der Waals surface area contributed by atoms with Crippen molar-refractivity contribution in [3.8, 4) is 0 Å². The Morgan fingerprint density at radius 1 is 1.04 bits per heavy atom. The molecule has 0 amide bonds. The number of aliphatic hydroxyl groups is 1. The van der Waals surface area contributed by atoms with Crippen molar-refractivity contribution < 1.29 is 19.8 Å². The van der Waals surface area contributed by atoms with Gasteiger partial charge in [0.2, 0.25) is 5.12 Å². The maximum Gasteiger partial charge on any atom is 0.306 e. The first-order valence-corrected chi connectivity index (χ1v) is 14.8. The molecule has 23 heavy (non-hydrogen) atoms. The van der Waals surface area contributed by atoms with Gasteiger partial charge in [-0.1, -0.05) is 0 Å². The number of carboxylic acid groups (broad SMARTS) is 1. The molecule has 0 saturated heterocycles. The van der Waals surface area contributed by atoms with E-state index in [9.17, 15) is 9.59 Å². The smallest absolute Gasteiger partial charge is 0.306 e. The van der Waals surface area contributed by atoms with Gasteiger partial charge in [-0.3, -0.25) is 9.59 Å². The minimum absolute atomic E-state index is 0.149. The molecule has 0 rings (SSSR count). The predicted molar refractivity (Wildman–Crippen MR) is 103 cm³/mol. The zero-order valence-electron chi connectivity index (χ0n) is 14.8. The van der Waals surface area contributed by atoms with Crippen molar-refractivity contribution in [3.05, 3.63) is 0 Å². The van der Waals surface area contributed by atoms with Crippen LogP contribution < -0.4 is 0 Å². The van der Waals surface area contributed by atoms with E-state index in [0.29, 0.717) is 0 Å². The van der Waals surface area contributed by atoms with Gasteiger partial charge in [-0.25, -0.2) is 0 Å². The zero-order valence-corrected chi connectivity index (χ0v) is 21.4. The largest absolute Gasteiger partial charge is 0.481 e. The molecule has 0 aliphatic carbocycles. The van der Waals surface area contributed by atoms with Gasteiger partial charge in [0.15, 0.2) is 0 Å². The summed E-state index contributed by atoms with van der Waals surface area (Å²) in [6.45, 7) is 6.81. The molecule has 0 spiro atoms.